The monoisotopic (exact) mass is 325 g/mol. The molecule has 2 rings (SSSR count). The second-order valence-corrected chi connectivity index (χ2v) is 5.35. The first-order chi connectivity index (χ1) is 9.06. The lowest BCUT2D eigenvalue weighted by atomic mass is 9.99. The third kappa shape index (κ3) is 3.85. The fourth-order valence-corrected chi connectivity index (χ4v) is 2.50. The van der Waals surface area contributed by atoms with Crippen LogP contribution in [0.5, 0.6) is 0 Å². The highest BCUT2D eigenvalue weighted by Gasteiger charge is 2.11. The number of halogens is 3. The van der Waals surface area contributed by atoms with E-state index in [1.54, 1.807) is 24.3 Å². The van der Waals surface area contributed by atoms with Crippen molar-refractivity contribution in [3.8, 4) is 0 Å². The second-order valence-electron chi connectivity index (χ2n) is 4.50. The molecule has 2 aromatic rings. The van der Waals surface area contributed by atoms with Gasteiger partial charge in [0.2, 0.25) is 0 Å². The Balaban J connectivity index is 2.05. The predicted molar refractivity (Wildman–Crippen MR) is 75.9 cm³/mol. The van der Waals surface area contributed by atoms with Crippen molar-refractivity contribution in [2.45, 2.75) is 18.9 Å². The lowest BCUT2D eigenvalue weighted by molar-refractivity contribution is 0.583. The second kappa shape index (κ2) is 6.26. The maximum Gasteiger partial charge on any atom is 0.126 e. The lowest BCUT2D eigenvalue weighted by Gasteiger charge is -2.13. The first-order valence-electron chi connectivity index (χ1n) is 5.99. The summed E-state index contributed by atoms with van der Waals surface area (Å²) in [6, 6.07) is 10.9. The van der Waals surface area contributed by atoms with Gasteiger partial charge in [-0.1, -0.05) is 40.2 Å². The van der Waals surface area contributed by atoms with Gasteiger partial charge in [-0.05, 0) is 42.2 Å². The van der Waals surface area contributed by atoms with Gasteiger partial charge in [-0.2, -0.15) is 0 Å². The summed E-state index contributed by atoms with van der Waals surface area (Å²) in [6.07, 6.45) is 1.02. The molecule has 0 fully saturated rings. The Morgan fingerprint density at radius 3 is 2.37 bits per heavy atom. The maximum atomic E-state index is 13.5. The van der Waals surface area contributed by atoms with Crippen molar-refractivity contribution in [1.82, 2.24) is 0 Å². The molecule has 1 unspecified atom stereocenters. The summed E-state index contributed by atoms with van der Waals surface area (Å²) in [5.41, 5.74) is 7.56. The van der Waals surface area contributed by atoms with Crippen LogP contribution in [0.3, 0.4) is 0 Å². The fraction of sp³-hybridized carbons (Fsp3) is 0.200. The molecule has 19 heavy (non-hydrogen) atoms. The molecule has 1 nitrogen and oxygen atoms in total. The van der Waals surface area contributed by atoms with Crippen molar-refractivity contribution >= 4 is 15.9 Å². The van der Waals surface area contributed by atoms with Crippen molar-refractivity contribution in [1.29, 1.82) is 0 Å². The Morgan fingerprint density at radius 1 is 1.00 bits per heavy atom. The van der Waals surface area contributed by atoms with Crippen molar-refractivity contribution in [2.24, 2.45) is 5.73 Å². The summed E-state index contributed by atoms with van der Waals surface area (Å²) in [4.78, 5) is 0. The zero-order valence-electron chi connectivity index (χ0n) is 10.2. The Bertz CT molecular complexity index is 572. The normalized spacial score (nSPS) is 12.4. The van der Waals surface area contributed by atoms with Crippen LogP contribution in [0.1, 0.15) is 11.1 Å². The van der Waals surface area contributed by atoms with Crippen LogP contribution < -0.4 is 5.73 Å². The van der Waals surface area contributed by atoms with Gasteiger partial charge in [0.25, 0.3) is 0 Å². The van der Waals surface area contributed by atoms with Crippen molar-refractivity contribution < 1.29 is 8.78 Å². The van der Waals surface area contributed by atoms with Crippen molar-refractivity contribution in [2.75, 3.05) is 0 Å². The first-order valence-corrected chi connectivity index (χ1v) is 6.78. The molecule has 0 amide bonds. The quantitative estimate of drug-likeness (QED) is 0.908. The van der Waals surface area contributed by atoms with E-state index in [0.717, 1.165) is 5.56 Å². The van der Waals surface area contributed by atoms with E-state index in [4.69, 9.17) is 5.73 Å². The molecule has 0 aromatic heterocycles. The Morgan fingerprint density at radius 2 is 1.68 bits per heavy atom. The van der Waals surface area contributed by atoms with Gasteiger partial charge >= 0.3 is 0 Å². The summed E-state index contributed by atoms with van der Waals surface area (Å²) < 4.78 is 27.2. The molecule has 0 bridgehead atoms. The van der Waals surface area contributed by atoms with Crippen LogP contribution in [0.2, 0.25) is 0 Å². The van der Waals surface area contributed by atoms with Crippen molar-refractivity contribution in [3.05, 3.63) is 69.7 Å². The molecular weight excluding hydrogens is 312 g/mol. The predicted octanol–water partition coefficient (Wildman–Crippen LogP) is 3.84. The zero-order chi connectivity index (χ0) is 13.8. The lowest BCUT2D eigenvalue weighted by Crippen LogP contribution is -2.26. The van der Waals surface area contributed by atoms with E-state index in [-0.39, 0.29) is 17.7 Å². The topological polar surface area (TPSA) is 26.0 Å². The fourth-order valence-electron chi connectivity index (χ4n) is 1.99. The van der Waals surface area contributed by atoms with Gasteiger partial charge in [0, 0.05) is 10.5 Å². The number of hydrogen-bond acceptors (Lipinski definition) is 1. The van der Waals surface area contributed by atoms with Gasteiger partial charge in [0.05, 0.1) is 0 Å². The molecular formula is C15H14BrF2N. The third-order valence-electron chi connectivity index (χ3n) is 2.94. The summed E-state index contributed by atoms with van der Waals surface area (Å²) in [5, 5.41) is 0. The van der Waals surface area contributed by atoms with Gasteiger partial charge in [0.15, 0.2) is 0 Å². The molecule has 0 saturated heterocycles. The van der Waals surface area contributed by atoms with E-state index in [9.17, 15) is 8.78 Å². The summed E-state index contributed by atoms with van der Waals surface area (Å²) in [6.45, 7) is 0. The van der Waals surface area contributed by atoms with Gasteiger partial charge in [-0.15, -0.1) is 0 Å². The van der Waals surface area contributed by atoms with E-state index in [1.807, 2.05) is 0 Å². The number of benzene rings is 2. The van der Waals surface area contributed by atoms with E-state index in [1.165, 1.54) is 18.2 Å². The van der Waals surface area contributed by atoms with Gasteiger partial charge < -0.3 is 5.73 Å². The molecule has 2 aromatic carbocycles. The Labute approximate surface area is 119 Å². The van der Waals surface area contributed by atoms with E-state index in [0.29, 0.717) is 22.9 Å². The van der Waals surface area contributed by atoms with Crippen LogP contribution >= 0.6 is 15.9 Å². The van der Waals surface area contributed by atoms with Gasteiger partial charge in [-0.3, -0.25) is 0 Å². The average Bonchev–Trinajstić information content (AvgIpc) is 2.36. The Kier molecular flexibility index (Phi) is 4.66. The summed E-state index contributed by atoms with van der Waals surface area (Å²) in [7, 11) is 0. The molecule has 0 heterocycles. The Hall–Kier alpha value is -1.26. The SMILES string of the molecule is NC(Cc1ccccc1F)Cc1ccc(F)cc1Br. The van der Waals surface area contributed by atoms with Gasteiger partial charge in [0.1, 0.15) is 11.6 Å². The largest absolute Gasteiger partial charge is 0.327 e. The highest BCUT2D eigenvalue weighted by Crippen LogP contribution is 2.20. The van der Waals surface area contributed by atoms with Crippen LogP contribution in [0.15, 0.2) is 46.9 Å². The molecule has 0 aliphatic heterocycles. The smallest absolute Gasteiger partial charge is 0.126 e. The first kappa shape index (κ1) is 14.2. The molecule has 100 valence electrons. The van der Waals surface area contributed by atoms with E-state index >= 15 is 0 Å². The summed E-state index contributed by atoms with van der Waals surface area (Å²) >= 11 is 3.31. The minimum Gasteiger partial charge on any atom is -0.327 e. The van der Waals surface area contributed by atoms with E-state index in [2.05, 4.69) is 15.9 Å². The number of nitrogens with two attached hydrogens (primary N) is 1. The number of rotatable bonds is 4. The molecule has 1 atom stereocenters. The zero-order valence-corrected chi connectivity index (χ0v) is 11.8. The third-order valence-corrected chi connectivity index (χ3v) is 3.68. The molecule has 2 N–H and O–H groups in total. The van der Waals surface area contributed by atoms with Crippen LogP contribution in [0.4, 0.5) is 8.78 Å². The standard InChI is InChI=1S/C15H14BrF2N/c16-14-9-12(17)6-5-10(14)7-13(19)8-11-3-1-2-4-15(11)18/h1-6,9,13H,7-8,19H2. The van der Waals surface area contributed by atoms with Gasteiger partial charge in [-0.25, -0.2) is 8.78 Å². The molecule has 4 heteroatoms. The molecule has 0 aliphatic carbocycles. The molecule has 0 saturated carbocycles. The van der Waals surface area contributed by atoms with Crippen LogP contribution in [-0.2, 0) is 12.8 Å². The number of hydrogen-bond donors (Lipinski definition) is 1. The molecule has 0 aliphatic rings. The van der Waals surface area contributed by atoms with E-state index < -0.39 is 0 Å². The minimum atomic E-state index is -0.293. The highest BCUT2D eigenvalue weighted by atomic mass is 79.9. The highest BCUT2D eigenvalue weighted by molar-refractivity contribution is 9.10. The van der Waals surface area contributed by atoms with Crippen LogP contribution in [-0.4, -0.2) is 6.04 Å². The summed E-state index contributed by atoms with van der Waals surface area (Å²) in [5.74, 6) is -0.533. The van der Waals surface area contributed by atoms with Crippen LogP contribution in [0.25, 0.3) is 0 Å². The van der Waals surface area contributed by atoms with Crippen molar-refractivity contribution in [3.63, 3.8) is 0 Å². The maximum absolute atomic E-state index is 13.5. The molecule has 0 radical (unpaired) electrons. The minimum absolute atomic E-state index is 0.210. The molecule has 0 spiro atoms. The van der Waals surface area contributed by atoms with Crippen LogP contribution in [0, 0.1) is 11.6 Å². The average molecular weight is 326 g/mol.